The Morgan fingerprint density at radius 1 is 0.935 bits per heavy atom. The number of amides is 1. The molecule has 1 amide bonds. The maximum atomic E-state index is 13.7. The van der Waals surface area contributed by atoms with Crippen molar-refractivity contribution in [2.75, 3.05) is 6.54 Å². The summed E-state index contributed by atoms with van der Waals surface area (Å²) >= 11 is 0. The maximum Gasteiger partial charge on any atom is 0.254 e. The molecule has 0 saturated heterocycles. The molecule has 0 radical (unpaired) electrons. The van der Waals surface area contributed by atoms with Crippen LogP contribution in [0.1, 0.15) is 27.9 Å². The van der Waals surface area contributed by atoms with Crippen molar-refractivity contribution < 1.29 is 22.8 Å². The number of hydrogen-bond donors (Lipinski definition) is 0. The van der Waals surface area contributed by atoms with Gasteiger partial charge in [0.1, 0.15) is 17.5 Å². The highest BCUT2D eigenvalue weighted by molar-refractivity contribution is 6.01. The fourth-order valence-corrected chi connectivity index (χ4v) is 3.46. The fraction of sp³-hybridized carbons (Fsp3) is 0.167. The molecule has 1 atom stereocenters. The molecule has 1 heterocycles. The second-order valence-corrected chi connectivity index (χ2v) is 7.30. The Bertz CT molecular complexity index is 1120. The molecule has 1 aliphatic rings. The van der Waals surface area contributed by atoms with Gasteiger partial charge in [0.2, 0.25) is 0 Å². The number of carbonyl (C=O) groups excluding carboxylic acids is 1. The average Bonchev–Trinajstić information content (AvgIpc) is 3.22. The van der Waals surface area contributed by atoms with Crippen LogP contribution in [-0.4, -0.2) is 29.2 Å². The first-order valence-electron chi connectivity index (χ1n) is 9.76. The molecule has 0 unspecified atom stereocenters. The molecule has 7 heteroatoms. The van der Waals surface area contributed by atoms with Gasteiger partial charge < -0.3 is 9.74 Å². The summed E-state index contributed by atoms with van der Waals surface area (Å²) in [5, 5.41) is 4.07. The van der Waals surface area contributed by atoms with Crippen LogP contribution in [0.15, 0.2) is 78.0 Å². The van der Waals surface area contributed by atoms with Crippen molar-refractivity contribution in [2.45, 2.75) is 19.1 Å². The molecule has 158 valence electrons. The standard InChI is InChI=1S/C24H19F3N2O2/c25-19-9-7-17(8-10-19)23-13-22(31-28-23)15-29(14-16-3-1-5-20(26)11-16)24(30)18-4-2-6-21(27)12-18/h1-12,22H,13-15H2/t22-/m0/s1. The largest absolute Gasteiger partial charge is 0.390 e. The Balaban J connectivity index is 1.52. The SMILES string of the molecule is O=C(c1cccc(F)c1)N(Cc1cccc(F)c1)C[C@@H]1CC(c2ccc(F)cc2)=NO1. The van der Waals surface area contributed by atoms with Gasteiger partial charge in [-0.25, -0.2) is 13.2 Å². The van der Waals surface area contributed by atoms with Crippen LogP contribution in [0.3, 0.4) is 0 Å². The minimum Gasteiger partial charge on any atom is -0.390 e. The van der Waals surface area contributed by atoms with Crippen molar-refractivity contribution in [1.82, 2.24) is 4.90 Å². The van der Waals surface area contributed by atoms with Crippen molar-refractivity contribution >= 4 is 11.6 Å². The third-order valence-electron chi connectivity index (χ3n) is 4.96. The molecule has 0 fully saturated rings. The molecule has 4 nitrogen and oxygen atoms in total. The van der Waals surface area contributed by atoms with Crippen molar-refractivity contribution in [3.63, 3.8) is 0 Å². The van der Waals surface area contributed by atoms with Gasteiger partial charge in [-0.2, -0.15) is 0 Å². The summed E-state index contributed by atoms with van der Waals surface area (Å²) in [5.41, 5.74) is 2.17. The van der Waals surface area contributed by atoms with Crippen LogP contribution in [0.5, 0.6) is 0 Å². The van der Waals surface area contributed by atoms with E-state index in [9.17, 15) is 18.0 Å². The number of benzene rings is 3. The zero-order chi connectivity index (χ0) is 21.8. The van der Waals surface area contributed by atoms with E-state index in [0.29, 0.717) is 17.7 Å². The topological polar surface area (TPSA) is 41.9 Å². The van der Waals surface area contributed by atoms with Gasteiger partial charge in [-0.3, -0.25) is 4.79 Å². The lowest BCUT2D eigenvalue weighted by Crippen LogP contribution is -2.37. The molecule has 0 aliphatic carbocycles. The third kappa shape index (κ3) is 5.12. The normalized spacial score (nSPS) is 15.3. The van der Waals surface area contributed by atoms with Crippen LogP contribution in [0.25, 0.3) is 0 Å². The van der Waals surface area contributed by atoms with Gasteiger partial charge in [0.15, 0.2) is 6.10 Å². The minimum atomic E-state index is -0.518. The zero-order valence-corrected chi connectivity index (χ0v) is 16.5. The lowest BCUT2D eigenvalue weighted by molar-refractivity contribution is 0.0404. The predicted octanol–water partition coefficient (Wildman–Crippen LogP) is 4.94. The molecule has 3 aromatic carbocycles. The van der Waals surface area contributed by atoms with Crippen molar-refractivity contribution in [3.05, 3.63) is 107 Å². The number of halogens is 3. The molecule has 0 aromatic heterocycles. The third-order valence-corrected chi connectivity index (χ3v) is 4.96. The van der Waals surface area contributed by atoms with Crippen LogP contribution >= 0.6 is 0 Å². The van der Waals surface area contributed by atoms with Crippen LogP contribution in [-0.2, 0) is 11.4 Å². The molecular weight excluding hydrogens is 405 g/mol. The molecule has 0 spiro atoms. The van der Waals surface area contributed by atoms with Gasteiger partial charge in [-0.15, -0.1) is 0 Å². The molecule has 0 N–H and O–H groups in total. The highest BCUT2D eigenvalue weighted by Crippen LogP contribution is 2.20. The van der Waals surface area contributed by atoms with E-state index in [4.69, 9.17) is 4.84 Å². The van der Waals surface area contributed by atoms with Gasteiger partial charge >= 0.3 is 0 Å². The van der Waals surface area contributed by atoms with Crippen LogP contribution in [0.4, 0.5) is 13.2 Å². The van der Waals surface area contributed by atoms with Crippen molar-refractivity contribution in [3.8, 4) is 0 Å². The highest BCUT2D eigenvalue weighted by Gasteiger charge is 2.27. The molecule has 4 rings (SSSR count). The Kier molecular flexibility index (Phi) is 6.02. The maximum absolute atomic E-state index is 13.7. The first-order valence-corrected chi connectivity index (χ1v) is 9.76. The summed E-state index contributed by atoms with van der Waals surface area (Å²) in [6.07, 6.45) is -0.0204. The molecule has 0 bridgehead atoms. The van der Waals surface area contributed by atoms with E-state index >= 15 is 0 Å². The second-order valence-electron chi connectivity index (χ2n) is 7.30. The Morgan fingerprint density at radius 3 is 2.35 bits per heavy atom. The van der Waals surface area contributed by atoms with E-state index in [1.54, 1.807) is 24.3 Å². The summed E-state index contributed by atoms with van der Waals surface area (Å²) in [6, 6.07) is 17.3. The molecule has 1 aliphatic heterocycles. The van der Waals surface area contributed by atoms with Gasteiger partial charge in [-0.05, 0) is 53.6 Å². The van der Waals surface area contributed by atoms with Gasteiger partial charge in [0.05, 0.1) is 12.3 Å². The summed E-state index contributed by atoms with van der Waals surface area (Å²) in [7, 11) is 0. The molecule has 3 aromatic rings. The van der Waals surface area contributed by atoms with E-state index in [1.807, 2.05) is 0 Å². The van der Waals surface area contributed by atoms with Crippen molar-refractivity contribution in [2.24, 2.45) is 5.16 Å². The smallest absolute Gasteiger partial charge is 0.254 e. The molecule has 31 heavy (non-hydrogen) atoms. The van der Waals surface area contributed by atoms with Crippen molar-refractivity contribution in [1.29, 1.82) is 0 Å². The number of rotatable bonds is 6. The highest BCUT2D eigenvalue weighted by atomic mass is 19.1. The summed E-state index contributed by atoms with van der Waals surface area (Å²) in [5.74, 6) is -1.67. The van der Waals surface area contributed by atoms with Crippen LogP contribution in [0.2, 0.25) is 0 Å². The first kappa shape index (κ1) is 20.7. The molecular formula is C24H19F3N2O2. The number of oxime groups is 1. The number of hydrogen-bond acceptors (Lipinski definition) is 3. The lowest BCUT2D eigenvalue weighted by atomic mass is 10.0. The quantitative estimate of drug-likeness (QED) is 0.563. The average molecular weight is 424 g/mol. The van der Waals surface area contributed by atoms with Gasteiger partial charge in [0, 0.05) is 18.5 Å². The van der Waals surface area contributed by atoms with Crippen LogP contribution in [0, 0.1) is 17.5 Å². The number of carbonyl (C=O) groups is 1. The number of nitrogens with zero attached hydrogens (tertiary/aromatic N) is 2. The lowest BCUT2D eigenvalue weighted by Gasteiger charge is -2.25. The predicted molar refractivity (Wildman–Crippen MR) is 110 cm³/mol. The Labute approximate surface area is 177 Å². The van der Waals surface area contributed by atoms with E-state index in [2.05, 4.69) is 5.16 Å². The van der Waals surface area contributed by atoms with Gasteiger partial charge in [-0.1, -0.05) is 35.5 Å². The summed E-state index contributed by atoms with van der Waals surface area (Å²) < 4.78 is 40.5. The Morgan fingerprint density at radius 2 is 1.65 bits per heavy atom. The van der Waals surface area contributed by atoms with Gasteiger partial charge in [0.25, 0.3) is 5.91 Å². The van der Waals surface area contributed by atoms with Crippen LogP contribution < -0.4 is 0 Å². The molecule has 0 saturated carbocycles. The fourth-order valence-electron chi connectivity index (χ4n) is 3.46. The first-order chi connectivity index (χ1) is 15.0. The van der Waals surface area contributed by atoms with E-state index in [-0.39, 0.29) is 24.5 Å². The zero-order valence-electron chi connectivity index (χ0n) is 16.5. The Hall–Kier alpha value is -3.61. The second kappa shape index (κ2) is 9.04. The van der Waals surface area contributed by atoms with E-state index in [0.717, 1.165) is 11.6 Å². The summed E-state index contributed by atoms with van der Waals surface area (Å²) in [6.45, 7) is 0.291. The monoisotopic (exact) mass is 424 g/mol. The van der Waals surface area contributed by atoms with E-state index < -0.39 is 23.6 Å². The minimum absolute atomic E-state index is 0.124. The summed E-state index contributed by atoms with van der Waals surface area (Å²) in [4.78, 5) is 20.1. The van der Waals surface area contributed by atoms with E-state index in [1.165, 1.54) is 47.4 Å².